The average molecular weight is 435 g/mol. The van der Waals surface area contributed by atoms with Crippen molar-refractivity contribution in [3.8, 4) is 16.9 Å². The van der Waals surface area contributed by atoms with E-state index >= 15 is 0 Å². The second-order valence-corrected chi connectivity index (χ2v) is 8.15. The molecule has 0 aliphatic carbocycles. The third-order valence-electron chi connectivity index (χ3n) is 5.96. The topological polar surface area (TPSA) is 68.2 Å². The van der Waals surface area contributed by atoms with E-state index in [1.807, 2.05) is 37.2 Å². The second kappa shape index (κ2) is 9.42. The van der Waals surface area contributed by atoms with Crippen molar-refractivity contribution in [2.45, 2.75) is 45.6 Å². The first-order chi connectivity index (χ1) is 15.5. The van der Waals surface area contributed by atoms with Gasteiger partial charge in [-0.1, -0.05) is 6.07 Å². The fourth-order valence-corrected chi connectivity index (χ4v) is 4.34. The number of halogens is 1. The van der Waals surface area contributed by atoms with Gasteiger partial charge in [-0.25, -0.2) is 14.4 Å². The molecule has 1 amide bonds. The van der Waals surface area contributed by atoms with Gasteiger partial charge in [0.2, 0.25) is 5.91 Å². The highest BCUT2D eigenvalue weighted by molar-refractivity contribution is 5.80. The number of nitrogens with zero attached hydrogens (tertiary/aromatic N) is 4. The number of likely N-dealkylation sites (tertiary alicyclic amines) is 1. The van der Waals surface area contributed by atoms with E-state index in [1.54, 1.807) is 18.3 Å². The summed E-state index contributed by atoms with van der Waals surface area (Å²) < 4.78 is 19.1. The Balaban J connectivity index is 1.67. The maximum Gasteiger partial charge on any atom is 0.227 e. The van der Waals surface area contributed by atoms with Crippen LogP contribution in [0.3, 0.4) is 0 Å². The van der Waals surface area contributed by atoms with Crippen molar-refractivity contribution >= 4 is 5.91 Å². The van der Waals surface area contributed by atoms with Crippen molar-refractivity contribution in [2.75, 3.05) is 13.7 Å². The smallest absolute Gasteiger partial charge is 0.227 e. The summed E-state index contributed by atoms with van der Waals surface area (Å²) in [7, 11) is 1.42. The number of hydrogen-bond acceptors (Lipinski definition) is 5. The average Bonchev–Trinajstić information content (AvgIpc) is 2.80. The number of methoxy groups -OCH3 is 1. The molecular formula is C25H27FN4O2. The lowest BCUT2D eigenvalue weighted by Crippen LogP contribution is -2.40. The van der Waals surface area contributed by atoms with E-state index in [1.165, 1.54) is 13.2 Å². The van der Waals surface area contributed by atoms with Crippen LogP contribution in [-0.2, 0) is 11.2 Å². The van der Waals surface area contributed by atoms with Crippen molar-refractivity contribution in [2.24, 2.45) is 0 Å². The minimum absolute atomic E-state index is 0.0343. The molecule has 0 spiro atoms. The zero-order valence-electron chi connectivity index (χ0n) is 18.6. The molecule has 1 aliphatic heterocycles. The maximum absolute atomic E-state index is 14.1. The Hall–Kier alpha value is -3.35. The van der Waals surface area contributed by atoms with Crippen molar-refractivity contribution in [3.63, 3.8) is 0 Å². The predicted molar refractivity (Wildman–Crippen MR) is 120 cm³/mol. The molecule has 1 aliphatic rings. The van der Waals surface area contributed by atoms with E-state index in [2.05, 4.69) is 9.97 Å². The molecule has 6 nitrogen and oxygen atoms in total. The summed E-state index contributed by atoms with van der Waals surface area (Å²) >= 11 is 0. The lowest BCUT2D eigenvalue weighted by Gasteiger charge is -2.36. The number of piperidine rings is 1. The molecule has 2 aromatic heterocycles. The van der Waals surface area contributed by atoms with Crippen LogP contribution in [0.5, 0.6) is 5.75 Å². The number of carbonyl (C=O) groups excluding carboxylic acids is 1. The zero-order valence-corrected chi connectivity index (χ0v) is 18.6. The van der Waals surface area contributed by atoms with Gasteiger partial charge in [0.15, 0.2) is 11.6 Å². The molecule has 166 valence electrons. The molecule has 0 N–H and O–H groups in total. The molecule has 1 aromatic carbocycles. The summed E-state index contributed by atoms with van der Waals surface area (Å²) in [6.45, 7) is 4.52. The first-order valence-corrected chi connectivity index (χ1v) is 10.8. The van der Waals surface area contributed by atoms with Crippen molar-refractivity contribution in [1.29, 1.82) is 0 Å². The van der Waals surface area contributed by atoms with E-state index < -0.39 is 5.82 Å². The van der Waals surface area contributed by atoms with Gasteiger partial charge in [0, 0.05) is 30.7 Å². The first-order valence-electron chi connectivity index (χ1n) is 10.8. The largest absolute Gasteiger partial charge is 0.494 e. The van der Waals surface area contributed by atoms with Crippen molar-refractivity contribution < 1.29 is 13.9 Å². The Kier molecular flexibility index (Phi) is 6.44. The van der Waals surface area contributed by atoms with Crippen LogP contribution in [0.2, 0.25) is 0 Å². The number of benzene rings is 1. The molecule has 3 heterocycles. The van der Waals surface area contributed by atoms with Gasteiger partial charge in [-0.15, -0.1) is 0 Å². The number of pyridine rings is 1. The normalized spacial score (nSPS) is 16.1. The molecular weight excluding hydrogens is 407 g/mol. The lowest BCUT2D eigenvalue weighted by molar-refractivity contribution is -0.134. The van der Waals surface area contributed by atoms with Gasteiger partial charge < -0.3 is 9.64 Å². The van der Waals surface area contributed by atoms with Crippen LogP contribution in [0, 0.1) is 19.7 Å². The van der Waals surface area contributed by atoms with Gasteiger partial charge >= 0.3 is 0 Å². The highest BCUT2D eigenvalue weighted by Crippen LogP contribution is 2.36. The fraction of sp³-hybridized carbons (Fsp3) is 0.360. The number of aryl methyl sites for hydroxylation is 2. The third-order valence-corrected chi connectivity index (χ3v) is 5.96. The quantitative estimate of drug-likeness (QED) is 0.587. The number of rotatable bonds is 5. The maximum atomic E-state index is 14.1. The van der Waals surface area contributed by atoms with Gasteiger partial charge in [0.25, 0.3) is 0 Å². The molecule has 1 atom stereocenters. The Morgan fingerprint density at radius 2 is 2.03 bits per heavy atom. The Labute approximate surface area is 187 Å². The number of aromatic nitrogens is 3. The fourth-order valence-electron chi connectivity index (χ4n) is 4.34. The first kappa shape index (κ1) is 21.9. The number of hydrogen-bond donors (Lipinski definition) is 0. The predicted octanol–water partition coefficient (Wildman–Crippen LogP) is 4.60. The van der Waals surface area contributed by atoms with Crippen molar-refractivity contribution in [1.82, 2.24) is 19.9 Å². The zero-order chi connectivity index (χ0) is 22.7. The number of carbonyl (C=O) groups is 1. The molecule has 1 saturated heterocycles. The standard InChI is InChI=1S/C25H27FN4O2/c1-16-14-27-10-9-19(16)20-15-28-17(2)29-25(20)22-6-4-5-11-30(22)24(31)13-18-7-8-23(32-3)21(26)12-18/h7-10,12,14-15,22H,4-6,11,13H2,1-3H3. The molecule has 4 rings (SSSR count). The molecule has 0 radical (unpaired) electrons. The highest BCUT2D eigenvalue weighted by Gasteiger charge is 2.31. The molecule has 0 saturated carbocycles. The van der Waals surface area contributed by atoms with E-state index in [0.29, 0.717) is 17.9 Å². The van der Waals surface area contributed by atoms with Gasteiger partial charge in [-0.2, -0.15) is 0 Å². The van der Waals surface area contributed by atoms with Crippen LogP contribution in [0.4, 0.5) is 4.39 Å². The lowest BCUT2D eigenvalue weighted by atomic mass is 9.92. The van der Waals surface area contributed by atoms with Gasteiger partial charge in [0.05, 0.1) is 25.3 Å². The van der Waals surface area contributed by atoms with E-state index in [4.69, 9.17) is 9.72 Å². The van der Waals surface area contributed by atoms with E-state index in [0.717, 1.165) is 41.6 Å². The number of amides is 1. The minimum atomic E-state index is -0.463. The van der Waals surface area contributed by atoms with Crippen LogP contribution in [0.15, 0.2) is 42.9 Å². The molecule has 7 heteroatoms. The van der Waals surface area contributed by atoms with Crippen LogP contribution in [0.25, 0.3) is 11.1 Å². The summed E-state index contributed by atoms with van der Waals surface area (Å²) in [6.07, 6.45) is 8.34. The minimum Gasteiger partial charge on any atom is -0.494 e. The Morgan fingerprint density at radius 3 is 2.78 bits per heavy atom. The molecule has 1 unspecified atom stereocenters. The van der Waals surface area contributed by atoms with Gasteiger partial charge in [-0.05, 0) is 68.0 Å². The van der Waals surface area contributed by atoms with Crippen LogP contribution >= 0.6 is 0 Å². The summed E-state index contributed by atoms with van der Waals surface area (Å²) in [5.41, 5.74) is 4.46. The summed E-state index contributed by atoms with van der Waals surface area (Å²) in [4.78, 5) is 28.6. The Morgan fingerprint density at radius 1 is 1.19 bits per heavy atom. The van der Waals surface area contributed by atoms with Crippen molar-refractivity contribution in [3.05, 3.63) is 71.3 Å². The summed E-state index contributed by atoms with van der Waals surface area (Å²) in [5, 5.41) is 0. The molecule has 32 heavy (non-hydrogen) atoms. The van der Waals surface area contributed by atoms with Gasteiger partial charge in [0.1, 0.15) is 5.82 Å². The molecule has 0 bridgehead atoms. The van der Waals surface area contributed by atoms with Crippen LogP contribution < -0.4 is 4.74 Å². The summed E-state index contributed by atoms with van der Waals surface area (Å²) in [6, 6.07) is 6.48. The van der Waals surface area contributed by atoms with Gasteiger partial charge in [-0.3, -0.25) is 9.78 Å². The third kappa shape index (κ3) is 4.47. The highest BCUT2D eigenvalue weighted by atomic mass is 19.1. The molecule has 3 aromatic rings. The second-order valence-electron chi connectivity index (χ2n) is 8.15. The Bertz CT molecular complexity index is 1130. The van der Waals surface area contributed by atoms with Crippen LogP contribution in [-0.4, -0.2) is 39.4 Å². The summed E-state index contributed by atoms with van der Waals surface area (Å²) in [5.74, 6) is 0.347. The van der Waals surface area contributed by atoms with E-state index in [9.17, 15) is 9.18 Å². The monoisotopic (exact) mass is 434 g/mol. The molecule has 1 fully saturated rings. The van der Waals surface area contributed by atoms with Crippen LogP contribution in [0.1, 0.15) is 47.9 Å². The van der Waals surface area contributed by atoms with E-state index in [-0.39, 0.29) is 24.1 Å². The SMILES string of the molecule is COc1ccc(CC(=O)N2CCCCC2c2nc(C)ncc2-c2ccncc2C)cc1F. The number of ether oxygens (including phenoxy) is 1.